The fraction of sp³-hybridized carbons (Fsp3) is 0.190. The van der Waals surface area contributed by atoms with E-state index < -0.39 is 11.7 Å². The molecule has 0 spiro atoms. The Morgan fingerprint density at radius 1 is 1.19 bits per heavy atom. The molecule has 2 amide bonds. The Morgan fingerprint density at radius 2 is 2.00 bits per heavy atom. The summed E-state index contributed by atoms with van der Waals surface area (Å²) in [5, 5.41) is 3.76. The van der Waals surface area contributed by atoms with Crippen LogP contribution in [0.25, 0.3) is 10.9 Å². The number of aryl methyl sites for hydroxylation is 1. The monoisotopic (exact) mass is 363 g/mol. The lowest BCUT2D eigenvalue weighted by Crippen LogP contribution is -2.28. The van der Waals surface area contributed by atoms with Gasteiger partial charge in [-0.2, -0.15) is 0 Å². The summed E-state index contributed by atoms with van der Waals surface area (Å²) < 4.78 is 14.0. The zero-order valence-electron chi connectivity index (χ0n) is 14.8. The van der Waals surface area contributed by atoms with Gasteiger partial charge >= 0.3 is 0 Å². The van der Waals surface area contributed by atoms with Gasteiger partial charge in [0.05, 0.1) is 22.8 Å². The van der Waals surface area contributed by atoms with E-state index in [9.17, 15) is 14.0 Å². The number of hydrogen-bond acceptors (Lipinski definition) is 3. The van der Waals surface area contributed by atoms with Gasteiger partial charge in [-0.1, -0.05) is 18.2 Å². The van der Waals surface area contributed by atoms with E-state index in [1.807, 2.05) is 31.2 Å². The van der Waals surface area contributed by atoms with Gasteiger partial charge in [0.1, 0.15) is 5.82 Å². The first-order valence-electron chi connectivity index (χ1n) is 8.74. The van der Waals surface area contributed by atoms with Gasteiger partial charge in [-0.05, 0) is 42.8 Å². The van der Waals surface area contributed by atoms with Gasteiger partial charge in [0.25, 0.3) is 0 Å². The molecule has 1 N–H and O–H groups in total. The van der Waals surface area contributed by atoms with Crippen LogP contribution in [0.1, 0.15) is 12.0 Å². The van der Waals surface area contributed by atoms with Crippen molar-refractivity contribution in [2.24, 2.45) is 5.92 Å². The minimum atomic E-state index is -0.537. The molecule has 1 fully saturated rings. The number of carbonyl (C=O) groups excluding carboxylic acids is 2. The minimum absolute atomic E-state index is 0.0577. The Balaban J connectivity index is 1.56. The van der Waals surface area contributed by atoms with E-state index in [2.05, 4.69) is 10.3 Å². The third-order valence-electron chi connectivity index (χ3n) is 4.87. The molecule has 1 aliphatic rings. The highest BCUT2D eigenvalue weighted by Gasteiger charge is 2.36. The average Bonchev–Trinajstić information content (AvgIpc) is 3.06. The van der Waals surface area contributed by atoms with Crippen LogP contribution in [-0.4, -0.2) is 23.3 Å². The molecule has 1 unspecified atom stereocenters. The van der Waals surface area contributed by atoms with Gasteiger partial charge in [-0.15, -0.1) is 0 Å². The molecule has 1 saturated heterocycles. The molecule has 5 nitrogen and oxygen atoms in total. The van der Waals surface area contributed by atoms with Crippen molar-refractivity contribution in [2.45, 2.75) is 13.3 Å². The first-order valence-corrected chi connectivity index (χ1v) is 8.74. The number of halogens is 1. The van der Waals surface area contributed by atoms with Crippen LogP contribution in [0, 0.1) is 18.7 Å². The van der Waals surface area contributed by atoms with Gasteiger partial charge in [-0.3, -0.25) is 14.6 Å². The van der Waals surface area contributed by atoms with E-state index in [1.54, 1.807) is 24.4 Å². The van der Waals surface area contributed by atoms with Crippen LogP contribution in [0.15, 0.2) is 54.7 Å². The number of carbonyl (C=O) groups is 2. The topological polar surface area (TPSA) is 62.3 Å². The molecule has 6 heteroatoms. The van der Waals surface area contributed by atoms with Crippen molar-refractivity contribution in [1.82, 2.24) is 4.98 Å². The Bertz CT molecular complexity index is 1050. The van der Waals surface area contributed by atoms with Crippen molar-refractivity contribution in [2.75, 3.05) is 16.8 Å². The van der Waals surface area contributed by atoms with Gasteiger partial charge in [0.2, 0.25) is 11.8 Å². The molecule has 2 heterocycles. The summed E-state index contributed by atoms with van der Waals surface area (Å²) in [6.45, 7) is 2.12. The first-order chi connectivity index (χ1) is 13.0. The molecule has 1 atom stereocenters. The third kappa shape index (κ3) is 3.14. The van der Waals surface area contributed by atoms with Gasteiger partial charge < -0.3 is 10.2 Å². The number of para-hydroxylation sites is 1. The number of benzene rings is 2. The summed E-state index contributed by atoms with van der Waals surface area (Å²) >= 11 is 0. The summed E-state index contributed by atoms with van der Waals surface area (Å²) in [5.41, 5.74) is 2.71. The van der Waals surface area contributed by atoms with E-state index in [1.165, 1.54) is 11.0 Å². The highest BCUT2D eigenvalue weighted by atomic mass is 19.1. The van der Waals surface area contributed by atoms with Gasteiger partial charge in [0.15, 0.2) is 0 Å². The minimum Gasteiger partial charge on any atom is -0.325 e. The van der Waals surface area contributed by atoms with Crippen molar-refractivity contribution >= 4 is 34.1 Å². The molecule has 3 aromatic rings. The van der Waals surface area contributed by atoms with Crippen LogP contribution in [0.4, 0.5) is 15.8 Å². The van der Waals surface area contributed by atoms with Crippen molar-refractivity contribution in [3.8, 4) is 0 Å². The average molecular weight is 363 g/mol. The van der Waals surface area contributed by atoms with E-state index in [-0.39, 0.29) is 30.5 Å². The van der Waals surface area contributed by atoms with Crippen molar-refractivity contribution in [3.63, 3.8) is 0 Å². The predicted octanol–water partition coefficient (Wildman–Crippen LogP) is 3.67. The SMILES string of the molecule is Cc1ccc(NC(=O)C2CC(=O)N(c3ccccc3F)C2)c2cccnc12. The third-order valence-corrected chi connectivity index (χ3v) is 4.87. The quantitative estimate of drug-likeness (QED) is 0.772. The highest BCUT2D eigenvalue weighted by molar-refractivity contribution is 6.06. The summed E-state index contributed by atoms with van der Waals surface area (Å²) in [6, 6.07) is 13.5. The van der Waals surface area contributed by atoms with Crippen molar-refractivity contribution in [1.29, 1.82) is 0 Å². The molecule has 0 bridgehead atoms. The van der Waals surface area contributed by atoms with E-state index in [0.717, 1.165) is 16.5 Å². The molecule has 2 aromatic carbocycles. The maximum Gasteiger partial charge on any atom is 0.229 e. The summed E-state index contributed by atoms with van der Waals surface area (Å²) in [4.78, 5) is 30.8. The predicted molar refractivity (Wildman–Crippen MR) is 102 cm³/mol. The Hall–Kier alpha value is -3.28. The lowest BCUT2D eigenvalue weighted by molar-refractivity contribution is -0.122. The van der Waals surface area contributed by atoms with Crippen LogP contribution in [0.3, 0.4) is 0 Å². The molecule has 0 aliphatic carbocycles. The van der Waals surface area contributed by atoms with Crippen molar-refractivity contribution < 1.29 is 14.0 Å². The summed E-state index contributed by atoms with van der Waals surface area (Å²) in [7, 11) is 0. The van der Waals surface area contributed by atoms with E-state index in [4.69, 9.17) is 0 Å². The molecular weight excluding hydrogens is 345 g/mol. The second-order valence-corrected chi connectivity index (χ2v) is 6.68. The largest absolute Gasteiger partial charge is 0.325 e. The van der Waals surface area contributed by atoms with Crippen LogP contribution in [0.5, 0.6) is 0 Å². The number of rotatable bonds is 3. The van der Waals surface area contributed by atoms with Gasteiger partial charge in [-0.25, -0.2) is 4.39 Å². The lowest BCUT2D eigenvalue weighted by Gasteiger charge is -2.17. The summed E-state index contributed by atoms with van der Waals surface area (Å²) in [5.74, 6) is -1.51. The number of nitrogens with zero attached hydrogens (tertiary/aromatic N) is 2. The van der Waals surface area contributed by atoms with E-state index >= 15 is 0 Å². The maximum absolute atomic E-state index is 14.0. The van der Waals surface area contributed by atoms with Crippen LogP contribution in [-0.2, 0) is 9.59 Å². The zero-order chi connectivity index (χ0) is 19.0. The standard InChI is InChI=1S/C21H18FN3O2/c1-13-8-9-17(15-5-4-10-23-20(13)15)24-21(27)14-11-19(26)25(12-14)18-7-3-2-6-16(18)22/h2-10,14H,11-12H2,1H3,(H,24,27). The summed E-state index contributed by atoms with van der Waals surface area (Å²) in [6.07, 6.45) is 1.77. The number of anilines is 2. The van der Waals surface area contributed by atoms with Crippen LogP contribution in [0.2, 0.25) is 0 Å². The molecule has 27 heavy (non-hydrogen) atoms. The number of aromatic nitrogens is 1. The van der Waals surface area contributed by atoms with Crippen molar-refractivity contribution in [3.05, 3.63) is 66.1 Å². The lowest BCUT2D eigenvalue weighted by atomic mass is 10.1. The fourth-order valence-corrected chi connectivity index (χ4v) is 3.44. The second-order valence-electron chi connectivity index (χ2n) is 6.68. The normalized spacial score (nSPS) is 16.7. The number of hydrogen-bond donors (Lipinski definition) is 1. The van der Waals surface area contributed by atoms with Crippen LogP contribution < -0.4 is 10.2 Å². The smallest absolute Gasteiger partial charge is 0.229 e. The Morgan fingerprint density at radius 3 is 2.81 bits per heavy atom. The molecular formula is C21H18FN3O2. The fourth-order valence-electron chi connectivity index (χ4n) is 3.44. The molecule has 0 saturated carbocycles. The van der Waals surface area contributed by atoms with Crippen LogP contribution >= 0.6 is 0 Å². The molecule has 0 radical (unpaired) electrons. The Labute approximate surface area is 155 Å². The van der Waals surface area contributed by atoms with Gasteiger partial charge in [0, 0.05) is 24.5 Å². The molecule has 4 rings (SSSR count). The number of pyridine rings is 1. The first kappa shape index (κ1) is 17.1. The highest BCUT2D eigenvalue weighted by Crippen LogP contribution is 2.29. The number of amides is 2. The second kappa shape index (κ2) is 6.79. The number of fused-ring (bicyclic) bond motifs is 1. The maximum atomic E-state index is 14.0. The van der Waals surface area contributed by atoms with E-state index in [0.29, 0.717) is 5.69 Å². The molecule has 136 valence electrons. The zero-order valence-corrected chi connectivity index (χ0v) is 14.8. The molecule has 1 aliphatic heterocycles. The Kier molecular flexibility index (Phi) is 4.32. The molecule has 1 aromatic heterocycles. The number of nitrogens with one attached hydrogen (secondary N) is 1.